The Morgan fingerprint density at radius 2 is 2.24 bits per heavy atom. The first-order chi connectivity index (χ1) is 8.09. The Bertz CT molecular complexity index is 394. The molecule has 3 N–H and O–H groups in total. The van der Waals surface area contributed by atoms with E-state index in [1.54, 1.807) is 12.1 Å². The summed E-state index contributed by atoms with van der Waals surface area (Å²) in [5.74, 6) is -0.777. The summed E-state index contributed by atoms with van der Waals surface area (Å²) in [5, 5.41) is 2.62. The van der Waals surface area contributed by atoms with E-state index in [1.165, 1.54) is 6.20 Å². The molecule has 7 heteroatoms. The third-order valence-electron chi connectivity index (χ3n) is 1.77. The lowest BCUT2D eigenvalue weighted by atomic mass is 10.3. The molecule has 0 aliphatic carbocycles. The molecule has 17 heavy (non-hydrogen) atoms. The second-order valence-corrected chi connectivity index (χ2v) is 3.96. The number of carbonyl (C=O) groups excluding carboxylic acids is 2. The van der Waals surface area contributed by atoms with E-state index in [-0.39, 0.29) is 19.1 Å². The highest BCUT2D eigenvalue weighted by Crippen LogP contribution is 2.05. The summed E-state index contributed by atoms with van der Waals surface area (Å²) in [6, 6.07) is 3.33. The van der Waals surface area contributed by atoms with E-state index in [9.17, 15) is 9.59 Å². The van der Waals surface area contributed by atoms with Gasteiger partial charge < -0.3 is 15.8 Å². The topological polar surface area (TPSA) is 94.3 Å². The van der Waals surface area contributed by atoms with Gasteiger partial charge in [-0.3, -0.25) is 9.59 Å². The molecule has 92 valence electrons. The largest absolute Gasteiger partial charge is 0.370 e. The molecule has 2 amide bonds. The molecule has 1 aromatic heterocycles. The van der Waals surface area contributed by atoms with E-state index in [0.717, 1.165) is 0 Å². The molecule has 0 aliphatic heterocycles. The second-order valence-electron chi connectivity index (χ2n) is 3.14. The monoisotopic (exact) mass is 301 g/mol. The molecule has 0 bridgehead atoms. The SMILES string of the molecule is NC(=O)COCCNC(=O)c1ccc(Br)nc1. The fraction of sp³-hybridized carbons (Fsp3) is 0.300. The van der Waals surface area contributed by atoms with Crippen molar-refractivity contribution < 1.29 is 14.3 Å². The Labute approximate surface area is 107 Å². The Balaban J connectivity index is 2.25. The summed E-state index contributed by atoms with van der Waals surface area (Å²) >= 11 is 3.17. The molecule has 0 saturated heterocycles. The highest BCUT2D eigenvalue weighted by Gasteiger charge is 2.04. The van der Waals surface area contributed by atoms with Crippen molar-refractivity contribution in [1.29, 1.82) is 0 Å². The lowest BCUT2D eigenvalue weighted by molar-refractivity contribution is -0.122. The molecule has 6 nitrogen and oxygen atoms in total. The molecule has 0 unspecified atom stereocenters. The first kappa shape index (κ1) is 13.6. The van der Waals surface area contributed by atoms with Crippen molar-refractivity contribution in [2.24, 2.45) is 5.73 Å². The summed E-state index contributed by atoms with van der Waals surface area (Å²) in [4.78, 5) is 25.8. The third kappa shape index (κ3) is 5.41. The summed E-state index contributed by atoms with van der Waals surface area (Å²) in [6.07, 6.45) is 1.46. The number of carbonyl (C=O) groups is 2. The third-order valence-corrected chi connectivity index (χ3v) is 2.23. The van der Waals surface area contributed by atoms with Crippen LogP contribution in [0.4, 0.5) is 0 Å². The van der Waals surface area contributed by atoms with Gasteiger partial charge in [0.25, 0.3) is 5.91 Å². The standard InChI is InChI=1S/C10H12BrN3O3/c11-8-2-1-7(5-14-8)10(16)13-3-4-17-6-9(12)15/h1-2,5H,3-4,6H2,(H2,12,15)(H,13,16). The highest BCUT2D eigenvalue weighted by molar-refractivity contribution is 9.10. The number of nitrogens with one attached hydrogen (secondary N) is 1. The quantitative estimate of drug-likeness (QED) is 0.574. The lowest BCUT2D eigenvalue weighted by Gasteiger charge is -2.05. The molecule has 0 aliphatic rings. The van der Waals surface area contributed by atoms with Crippen LogP contribution in [0.25, 0.3) is 0 Å². The predicted octanol–water partition coefficient (Wildman–Crippen LogP) is 0.0758. The second kappa shape index (κ2) is 6.97. The smallest absolute Gasteiger partial charge is 0.252 e. The summed E-state index contributed by atoms with van der Waals surface area (Å²) in [5.41, 5.74) is 5.34. The van der Waals surface area contributed by atoms with Gasteiger partial charge >= 0.3 is 0 Å². The Kier molecular flexibility index (Phi) is 5.58. The number of rotatable bonds is 6. The van der Waals surface area contributed by atoms with Crippen LogP contribution in [0.15, 0.2) is 22.9 Å². The van der Waals surface area contributed by atoms with Crippen LogP contribution in [0.2, 0.25) is 0 Å². The number of hydrogen-bond acceptors (Lipinski definition) is 4. The fourth-order valence-electron chi connectivity index (χ4n) is 1.02. The van der Waals surface area contributed by atoms with E-state index >= 15 is 0 Å². The van der Waals surface area contributed by atoms with Gasteiger partial charge in [0.2, 0.25) is 5.91 Å². The van der Waals surface area contributed by atoms with Crippen molar-refractivity contribution in [1.82, 2.24) is 10.3 Å². The Morgan fingerprint density at radius 3 is 2.82 bits per heavy atom. The van der Waals surface area contributed by atoms with Crippen LogP contribution in [-0.4, -0.2) is 36.6 Å². The number of aromatic nitrogens is 1. The van der Waals surface area contributed by atoms with Crippen molar-refractivity contribution in [3.8, 4) is 0 Å². The van der Waals surface area contributed by atoms with E-state index in [2.05, 4.69) is 26.2 Å². The number of nitrogens with two attached hydrogens (primary N) is 1. The highest BCUT2D eigenvalue weighted by atomic mass is 79.9. The number of amides is 2. The zero-order valence-electron chi connectivity index (χ0n) is 8.98. The summed E-state index contributed by atoms with van der Waals surface area (Å²) in [6.45, 7) is 0.399. The molecular formula is C10H12BrN3O3. The van der Waals surface area contributed by atoms with Crippen LogP contribution >= 0.6 is 15.9 Å². The normalized spacial score (nSPS) is 9.94. The minimum absolute atomic E-state index is 0.143. The minimum atomic E-state index is -0.534. The van der Waals surface area contributed by atoms with Gasteiger partial charge in [0.15, 0.2) is 0 Å². The predicted molar refractivity (Wildman–Crippen MR) is 64.3 cm³/mol. The Morgan fingerprint density at radius 1 is 1.47 bits per heavy atom. The summed E-state index contributed by atoms with van der Waals surface area (Å²) in [7, 11) is 0. The van der Waals surface area contributed by atoms with Gasteiger partial charge in [0.05, 0.1) is 12.2 Å². The lowest BCUT2D eigenvalue weighted by Crippen LogP contribution is -2.28. The number of ether oxygens (including phenoxy) is 1. The molecule has 0 aromatic carbocycles. The zero-order valence-corrected chi connectivity index (χ0v) is 10.6. The summed E-state index contributed by atoms with van der Waals surface area (Å²) < 4.78 is 5.55. The molecule has 0 atom stereocenters. The van der Waals surface area contributed by atoms with E-state index in [1.807, 2.05) is 0 Å². The van der Waals surface area contributed by atoms with E-state index in [4.69, 9.17) is 10.5 Å². The van der Waals surface area contributed by atoms with Crippen LogP contribution in [0.1, 0.15) is 10.4 Å². The van der Waals surface area contributed by atoms with Crippen molar-refractivity contribution in [2.75, 3.05) is 19.8 Å². The number of primary amides is 1. The van der Waals surface area contributed by atoms with Gasteiger partial charge in [0, 0.05) is 12.7 Å². The molecule has 1 heterocycles. The first-order valence-electron chi connectivity index (χ1n) is 4.85. The van der Waals surface area contributed by atoms with E-state index in [0.29, 0.717) is 16.7 Å². The minimum Gasteiger partial charge on any atom is -0.370 e. The molecule has 1 aromatic rings. The Hall–Kier alpha value is -1.47. The van der Waals surface area contributed by atoms with Crippen molar-refractivity contribution >= 4 is 27.7 Å². The van der Waals surface area contributed by atoms with E-state index < -0.39 is 5.91 Å². The van der Waals surface area contributed by atoms with Crippen LogP contribution in [-0.2, 0) is 9.53 Å². The van der Waals surface area contributed by atoms with Crippen molar-refractivity contribution in [3.63, 3.8) is 0 Å². The van der Waals surface area contributed by atoms with Gasteiger partial charge in [0.1, 0.15) is 11.2 Å². The van der Waals surface area contributed by atoms with Crippen LogP contribution in [0.5, 0.6) is 0 Å². The average molecular weight is 302 g/mol. The maximum atomic E-state index is 11.5. The van der Waals surface area contributed by atoms with Crippen molar-refractivity contribution in [3.05, 3.63) is 28.5 Å². The van der Waals surface area contributed by atoms with Crippen LogP contribution in [0.3, 0.4) is 0 Å². The molecule has 0 fully saturated rings. The molecule has 0 saturated carbocycles. The van der Waals surface area contributed by atoms with Gasteiger partial charge in [-0.2, -0.15) is 0 Å². The van der Waals surface area contributed by atoms with Gasteiger partial charge in [-0.25, -0.2) is 4.98 Å². The molecule has 0 spiro atoms. The fourth-order valence-corrected chi connectivity index (χ4v) is 1.26. The first-order valence-corrected chi connectivity index (χ1v) is 5.64. The maximum Gasteiger partial charge on any atom is 0.252 e. The van der Waals surface area contributed by atoms with Gasteiger partial charge in [-0.05, 0) is 28.1 Å². The van der Waals surface area contributed by atoms with Crippen LogP contribution in [0, 0.1) is 0 Å². The zero-order chi connectivity index (χ0) is 12.7. The van der Waals surface area contributed by atoms with Gasteiger partial charge in [-0.1, -0.05) is 0 Å². The number of halogens is 1. The molecule has 0 radical (unpaired) electrons. The van der Waals surface area contributed by atoms with Crippen molar-refractivity contribution in [2.45, 2.75) is 0 Å². The number of hydrogen-bond donors (Lipinski definition) is 2. The average Bonchev–Trinajstić information content (AvgIpc) is 2.29. The maximum absolute atomic E-state index is 11.5. The molecular weight excluding hydrogens is 290 g/mol. The van der Waals surface area contributed by atoms with Gasteiger partial charge in [-0.15, -0.1) is 0 Å². The van der Waals surface area contributed by atoms with Crippen LogP contribution < -0.4 is 11.1 Å². The number of pyridine rings is 1. The number of nitrogens with zero attached hydrogens (tertiary/aromatic N) is 1. The molecule has 1 rings (SSSR count).